The van der Waals surface area contributed by atoms with Crippen molar-refractivity contribution in [3.63, 3.8) is 0 Å². The molecule has 2 heterocycles. The van der Waals surface area contributed by atoms with E-state index >= 15 is 0 Å². The van der Waals surface area contributed by atoms with Gasteiger partial charge in [0.15, 0.2) is 5.82 Å². The summed E-state index contributed by atoms with van der Waals surface area (Å²) < 4.78 is 6.21. The molecular formula is C53H36N2O. The lowest BCUT2D eigenvalue weighted by molar-refractivity contribution is 0.661. The highest BCUT2D eigenvalue weighted by atomic mass is 16.3. The average molecular weight is 717 g/mol. The fraction of sp³-hybridized carbons (Fsp3) is 0.0566. The molecule has 0 saturated heterocycles. The number of benzene rings is 8. The molecule has 56 heavy (non-hydrogen) atoms. The summed E-state index contributed by atoms with van der Waals surface area (Å²) in [6.45, 7) is 4.69. The topological polar surface area (TPSA) is 38.9 Å². The summed E-state index contributed by atoms with van der Waals surface area (Å²) in [6.07, 6.45) is 0. The van der Waals surface area contributed by atoms with Crippen LogP contribution in [0.4, 0.5) is 0 Å². The van der Waals surface area contributed by atoms with Crippen molar-refractivity contribution in [1.29, 1.82) is 0 Å². The minimum absolute atomic E-state index is 0.164. The summed E-state index contributed by atoms with van der Waals surface area (Å²) >= 11 is 0. The Balaban J connectivity index is 1.15. The van der Waals surface area contributed by atoms with Crippen molar-refractivity contribution in [2.75, 3.05) is 0 Å². The van der Waals surface area contributed by atoms with Crippen molar-refractivity contribution in [2.24, 2.45) is 0 Å². The van der Waals surface area contributed by atoms with Crippen LogP contribution in [0.2, 0.25) is 0 Å². The molecule has 1 aliphatic rings. The predicted molar refractivity (Wildman–Crippen MR) is 232 cm³/mol. The van der Waals surface area contributed by atoms with Crippen LogP contribution < -0.4 is 0 Å². The van der Waals surface area contributed by atoms with E-state index in [2.05, 4.69) is 178 Å². The monoisotopic (exact) mass is 716 g/mol. The van der Waals surface area contributed by atoms with Gasteiger partial charge in [0, 0.05) is 32.9 Å². The van der Waals surface area contributed by atoms with Crippen LogP contribution in [0.15, 0.2) is 186 Å². The van der Waals surface area contributed by atoms with E-state index in [0.717, 1.165) is 72.3 Å². The van der Waals surface area contributed by atoms with E-state index in [9.17, 15) is 0 Å². The van der Waals surface area contributed by atoms with Crippen LogP contribution in [0.1, 0.15) is 25.0 Å². The maximum absolute atomic E-state index is 6.21. The van der Waals surface area contributed by atoms with E-state index in [1.165, 1.54) is 33.0 Å². The zero-order valence-electron chi connectivity index (χ0n) is 31.1. The van der Waals surface area contributed by atoms with Crippen molar-refractivity contribution in [3.05, 3.63) is 193 Å². The van der Waals surface area contributed by atoms with Gasteiger partial charge in [-0.1, -0.05) is 141 Å². The molecule has 0 amide bonds. The summed E-state index contributed by atoms with van der Waals surface area (Å²) in [5.74, 6) is 0.699. The molecule has 0 atom stereocenters. The lowest BCUT2D eigenvalue weighted by Gasteiger charge is -2.22. The Morgan fingerprint density at radius 1 is 0.393 bits per heavy atom. The molecule has 0 unspecified atom stereocenters. The Morgan fingerprint density at radius 2 is 1.04 bits per heavy atom. The van der Waals surface area contributed by atoms with Gasteiger partial charge in [0.25, 0.3) is 0 Å². The second kappa shape index (κ2) is 12.5. The summed E-state index contributed by atoms with van der Waals surface area (Å²) in [4.78, 5) is 10.7. The summed E-state index contributed by atoms with van der Waals surface area (Å²) in [5.41, 5.74) is 16.2. The molecule has 3 nitrogen and oxygen atoms in total. The zero-order chi connectivity index (χ0) is 37.4. The number of aromatic nitrogens is 2. The second-order valence-corrected chi connectivity index (χ2v) is 15.4. The van der Waals surface area contributed by atoms with E-state index in [-0.39, 0.29) is 5.41 Å². The third-order valence-corrected chi connectivity index (χ3v) is 11.6. The van der Waals surface area contributed by atoms with Gasteiger partial charge >= 0.3 is 0 Å². The Kier molecular flexibility index (Phi) is 7.20. The molecule has 264 valence electrons. The molecule has 10 aromatic rings. The lowest BCUT2D eigenvalue weighted by atomic mass is 9.81. The molecule has 11 rings (SSSR count). The predicted octanol–water partition coefficient (Wildman–Crippen LogP) is 14.2. The number of nitrogens with zero attached hydrogens (tertiary/aromatic N) is 2. The minimum Gasteiger partial charge on any atom is -0.456 e. The SMILES string of the molecule is CC1(C)c2cc3ccccc3cc2-c2c(-c3cc(-c4cc(-c5ccccc5)cc(-c5ccc6oc7ccccc7c6c5)c4)nc(-c4ccccc4)n3)cccc21. The largest absolute Gasteiger partial charge is 0.456 e. The third kappa shape index (κ3) is 5.20. The van der Waals surface area contributed by atoms with Crippen LogP contribution >= 0.6 is 0 Å². The molecule has 3 heteroatoms. The molecule has 0 aliphatic heterocycles. The van der Waals surface area contributed by atoms with E-state index in [0.29, 0.717) is 5.82 Å². The van der Waals surface area contributed by atoms with Gasteiger partial charge in [-0.25, -0.2) is 9.97 Å². The van der Waals surface area contributed by atoms with E-state index in [1.54, 1.807) is 0 Å². The third-order valence-electron chi connectivity index (χ3n) is 11.6. The number of furan rings is 1. The molecule has 0 bridgehead atoms. The van der Waals surface area contributed by atoms with Crippen LogP contribution in [0, 0.1) is 0 Å². The average Bonchev–Trinajstić information content (AvgIpc) is 3.74. The van der Waals surface area contributed by atoms with Crippen LogP contribution in [0.3, 0.4) is 0 Å². The van der Waals surface area contributed by atoms with Crippen molar-refractivity contribution in [3.8, 4) is 67.3 Å². The van der Waals surface area contributed by atoms with Crippen LogP contribution in [0.5, 0.6) is 0 Å². The van der Waals surface area contributed by atoms with Crippen LogP contribution in [-0.2, 0) is 5.41 Å². The zero-order valence-corrected chi connectivity index (χ0v) is 31.1. The molecule has 0 spiro atoms. The number of fused-ring (bicyclic) bond motifs is 7. The quantitative estimate of drug-likeness (QED) is 0.178. The molecular weight excluding hydrogens is 681 g/mol. The summed E-state index contributed by atoms with van der Waals surface area (Å²) in [5, 5.41) is 4.72. The molecule has 0 radical (unpaired) electrons. The highest BCUT2D eigenvalue weighted by Gasteiger charge is 2.37. The number of hydrogen-bond acceptors (Lipinski definition) is 3. The van der Waals surface area contributed by atoms with Gasteiger partial charge in [-0.15, -0.1) is 0 Å². The first kappa shape index (κ1) is 32.3. The van der Waals surface area contributed by atoms with Crippen molar-refractivity contribution in [2.45, 2.75) is 19.3 Å². The summed E-state index contributed by atoms with van der Waals surface area (Å²) in [6, 6.07) is 64.9. The smallest absolute Gasteiger partial charge is 0.160 e. The number of para-hydroxylation sites is 1. The van der Waals surface area contributed by atoms with Gasteiger partial charge in [0.2, 0.25) is 0 Å². The van der Waals surface area contributed by atoms with Crippen LogP contribution in [0.25, 0.3) is 100.0 Å². The minimum atomic E-state index is -0.164. The van der Waals surface area contributed by atoms with Crippen LogP contribution in [-0.4, -0.2) is 9.97 Å². The van der Waals surface area contributed by atoms with Gasteiger partial charge < -0.3 is 4.42 Å². The number of hydrogen-bond donors (Lipinski definition) is 0. The second-order valence-electron chi connectivity index (χ2n) is 15.4. The highest BCUT2D eigenvalue weighted by molar-refractivity contribution is 6.06. The van der Waals surface area contributed by atoms with E-state index < -0.39 is 0 Å². The van der Waals surface area contributed by atoms with Crippen molar-refractivity contribution in [1.82, 2.24) is 9.97 Å². The van der Waals surface area contributed by atoms with Gasteiger partial charge in [0.1, 0.15) is 11.2 Å². The van der Waals surface area contributed by atoms with Gasteiger partial charge in [-0.05, 0) is 110 Å². The van der Waals surface area contributed by atoms with E-state index in [1.807, 2.05) is 18.2 Å². The van der Waals surface area contributed by atoms with Gasteiger partial charge in [-0.3, -0.25) is 0 Å². The fourth-order valence-electron chi connectivity index (χ4n) is 8.78. The molecule has 0 N–H and O–H groups in total. The molecule has 0 fully saturated rings. The van der Waals surface area contributed by atoms with Gasteiger partial charge in [-0.2, -0.15) is 0 Å². The maximum atomic E-state index is 6.21. The lowest BCUT2D eigenvalue weighted by Crippen LogP contribution is -2.14. The normalized spacial score (nSPS) is 13.0. The standard InChI is InChI=1S/C53H36N2O/c1-53(2)45-22-13-21-42(51(45)44-30-35-18-9-10-19-36(35)31-46(44)53)48-32-47(54-52(55-48)34-16-7-4-8-17-34)40-27-38(33-14-5-3-6-15-33)26-39(28-40)37-24-25-50-43(29-37)41-20-11-12-23-49(41)56-50/h3-32H,1-2H3. The molecule has 0 saturated carbocycles. The Bertz CT molecular complexity index is 3160. The fourth-order valence-corrected chi connectivity index (χ4v) is 8.78. The first-order valence-corrected chi connectivity index (χ1v) is 19.2. The molecule has 1 aliphatic carbocycles. The van der Waals surface area contributed by atoms with Gasteiger partial charge in [0.05, 0.1) is 11.4 Å². The maximum Gasteiger partial charge on any atom is 0.160 e. The Hall–Kier alpha value is -7.10. The number of rotatable bonds is 5. The first-order chi connectivity index (χ1) is 27.5. The highest BCUT2D eigenvalue weighted by Crippen LogP contribution is 2.53. The summed E-state index contributed by atoms with van der Waals surface area (Å²) in [7, 11) is 0. The van der Waals surface area contributed by atoms with Crippen molar-refractivity contribution >= 4 is 32.7 Å². The Labute approximate surface area is 325 Å². The first-order valence-electron chi connectivity index (χ1n) is 19.2. The Morgan fingerprint density at radius 3 is 1.84 bits per heavy atom. The molecule has 8 aromatic carbocycles. The van der Waals surface area contributed by atoms with E-state index in [4.69, 9.17) is 14.4 Å². The van der Waals surface area contributed by atoms with Crippen molar-refractivity contribution < 1.29 is 4.42 Å². The molecule has 2 aromatic heterocycles.